The van der Waals surface area contributed by atoms with Gasteiger partial charge in [-0.05, 0) is 0 Å². The van der Waals surface area contributed by atoms with Crippen LogP contribution in [0.3, 0.4) is 0 Å². The van der Waals surface area contributed by atoms with Crippen molar-refractivity contribution in [2.24, 2.45) is 7.05 Å². The minimum Gasteiger partial charge on any atom is -0.330 e. The van der Waals surface area contributed by atoms with E-state index >= 15 is 0 Å². The number of alkyl halides is 1. The Hall–Kier alpha value is -0.990. The Morgan fingerprint density at radius 1 is 1.27 bits per heavy atom. The molecule has 80 valence electrons. The van der Waals surface area contributed by atoms with Crippen molar-refractivity contribution in [2.75, 3.05) is 0 Å². The van der Waals surface area contributed by atoms with Crippen molar-refractivity contribution < 1.29 is 0 Å². The summed E-state index contributed by atoms with van der Waals surface area (Å²) in [5.74, 6) is 1.46. The first-order chi connectivity index (χ1) is 6.83. The maximum atomic E-state index is 5.77. The molecule has 1 aromatic carbocycles. The molecule has 4 heteroatoms. The molecule has 0 aliphatic carbocycles. The lowest BCUT2D eigenvalue weighted by Gasteiger charge is -2.03. The van der Waals surface area contributed by atoms with Crippen LogP contribution in [0.15, 0.2) is 36.5 Å². The summed E-state index contributed by atoms with van der Waals surface area (Å²) < 4.78 is 2.02. The van der Waals surface area contributed by atoms with E-state index < -0.39 is 0 Å². The fourth-order valence-corrected chi connectivity index (χ4v) is 1.67. The summed E-state index contributed by atoms with van der Waals surface area (Å²) in [4.78, 5) is 4.34. The van der Waals surface area contributed by atoms with Gasteiger partial charge < -0.3 is 4.57 Å². The second-order valence-electron chi connectivity index (χ2n) is 3.13. The van der Waals surface area contributed by atoms with E-state index in [4.69, 9.17) is 11.6 Å². The Kier molecular flexibility index (Phi) is 4.18. The van der Waals surface area contributed by atoms with E-state index in [1.165, 1.54) is 0 Å². The molecule has 0 saturated carbocycles. The topological polar surface area (TPSA) is 17.8 Å². The van der Waals surface area contributed by atoms with E-state index in [0.717, 1.165) is 17.1 Å². The molecule has 0 fully saturated rings. The summed E-state index contributed by atoms with van der Waals surface area (Å²) in [6.45, 7) is 0. The lowest BCUT2D eigenvalue weighted by Crippen LogP contribution is -1.96. The zero-order chi connectivity index (χ0) is 9.97. The number of hydrogen-bond donors (Lipinski definition) is 0. The molecule has 1 aromatic heterocycles. The molecule has 0 atom stereocenters. The van der Waals surface area contributed by atoms with Gasteiger partial charge in [0.25, 0.3) is 0 Å². The summed E-state index contributed by atoms with van der Waals surface area (Å²) >= 11 is 5.77. The molecule has 2 nitrogen and oxygen atoms in total. The van der Waals surface area contributed by atoms with Crippen LogP contribution in [-0.2, 0) is 12.9 Å². The second-order valence-corrected chi connectivity index (χ2v) is 3.40. The molecule has 0 aliphatic heterocycles. The van der Waals surface area contributed by atoms with Gasteiger partial charge in [-0.25, -0.2) is 4.98 Å². The Morgan fingerprint density at radius 3 is 2.47 bits per heavy atom. The van der Waals surface area contributed by atoms with Gasteiger partial charge in [-0.2, -0.15) is 0 Å². The number of hydrogen-bond acceptors (Lipinski definition) is 1. The van der Waals surface area contributed by atoms with Crippen LogP contribution < -0.4 is 0 Å². The largest absolute Gasteiger partial charge is 0.330 e. The predicted molar refractivity (Wildman–Crippen MR) is 65.4 cm³/mol. The highest BCUT2D eigenvalue weighted by atomic mass is 35.5. The predicted octanol–water partition coefficient (Wildman–Crippen LogP) is 3.25. The average molecular weight is 243 g/mol. The van der Waals surface area contributed by atoms with Crippen molar-refractivity contribution in [2.45, 2.75) is 5.88 Å². The van der Waals surface area contributed by atoms with Crippen molar-refractivity contribution in [3.63, 3.8) is 0 Å². The van der Waals surface area contributed by atoms with Gasteiger partial charge in [0.2, 0.25) is 0 Å². The van der Waals surface area contributed by atoms with Crippen molar-refractivity contribution in [3.8, 4) is 11.4 Å². The van der Waals surface area contributed by atoms with Crippen LogP contribution in [0.4, 0.5) is 0 Å². The lowest BCUT2D eigenvalue weighted by atomic mass is 10.2. The zero-order valence-corrected chi connectivity index (χ0v) is 9.92. The third kappa shape index (κ3) is 2.33. The van der Waals surface area contributed by atoms with Gasteiger partial charge >= 0.3 is 0 Å². The quantitative estimate of drug-likeness (QED) is 0.740. The Balaban J connectivity index is 0.00000112. The molecule has 0 bridgehead atoms. The molecule has 0 unspecified atom stereocenters. The van der Waals surface area contributed by atoms with Gasteiger partial charge in [-0.15, -0.1) is 24.0 Å². The van der Waals surface area contributed by atoms with Gasteiger partial charge in [-0.3, -0.25) is 0 Å². The molecule has 0 radical (unpaired) electrons. The minimum absolute atomic E-state index is 0. The van der Waals surface area contributed by atoms with E-state index in [0.29, 0.717) is 5.88 Å². The summed E-state index contributed by atoms with van der Waals surface area (Å²) in [7, 11) is 1.98. The normalized spacial score (nSPS) is 9.73. The van der Waals surface area contributed by atoms with Crippen LogP contribution in [0.25, 0.3) is 11.4 Å². The number of aromatic nitrogens is 2. The van der Waals surface area contributed by atoms with Crippen LogP contribution in [0.5, 0.6) is 0 Å². The number of imidazole rings is 1. The van der Waals surface area contributed by atoms with Crippen molar-refractivity contribution in [1.29, 1.82) is 0 Å². The summed E-state index contributed by atoms with van der Waals surface area (Å²) in [5, 5.41) is 0. The number of benzene rings is 1. The SMILES string of the molecule is Cl.Cn1c(CCl)cnc1-c1ccccc1. The first-order valence-electron chi connectivity index (χ1n) is 4.45. The Morgan fingerprint density at radius 2 is 1.93 bits per heavy atom. The van der Waals surface area contributed by atoms with Gasteiger partial charge in [-0.1, -0.05) is 30.3 Å². The number of rotatable bonds is 2. The van der Waals surface area contributed by atoms with Crippen LogP contribution in [0.2, 0.25) is 0 Å². The Labute approximate surface area is 100 Å². The lowest BCUT2D eigenvalue weighted by molar-refractivity contribution is 0.875. The maximum absolute atomic E-state index is 5.77. The molecule has 15 heavy (non-hydrogen) atoms. The molecule has 2 rings (SSSR count). The molecular weight excluding hydrogens is 231 g/mol. The van der Waals surface area contributed by atoms with Crippen molar-refractivity contribution in [1.82, 2.24) is 9.55 Å². The highest BCUT2D eigenvalue weighted by Crippen LogP contribution is 2.18. The van der Waals surface area contributed by atoms with Crippen molar-refractivity contribution >= 4 is 24.0 Å². The highest BCUT2D eigenvalue weighted by Gasteiger charge is 2.06. The fraction of sp³-hybridized carbons (Fsp3) is 0.182. The molecule has 0 aliphatic rings. The first kappa shape index (κ1) is 12.1. The fourth-order valence-electron chi connectivity index (χ4n) is 1.42. The molecule has 0 N–H and O–H groups in total. The maximum Gasteiger partial charge on any atom is 0.139 e. The van der Waals surface area contributed by atoms with E-state index in [1.807, 2.05) is 48.1 Å². The van der Waals surface area contributed by atoms with Crippen LogP contribution in [-0.4, -0.2) is 9.55 Å². The summed E-state index contributed by atoms with van der Waals surface area (Å²) in [6.07, 6.45) is 1.81. The van der Waals surface area contributed by atoms with E-state index in [1.54, 1.807) is 0 Å². The second kappa shape index (κ2) is 5.19. The van der Waals surface area contributed by atoms with Crippen LogP contribution >= 0.6 is 24.0 Å². The summed E-state index contributed by atoms with van der Waals surface area (Å²) in [5.41, 5.74) is 2.15. The molecular formula is C11H12Cl2N2. The van der Waals surface area contributed by atoms with Gasteiger partial charge in [0, 0.05) is 12.6 Å². The van der Waals surface area contributed by atoms with Crippen LogP contribution in [0.1, 0.15) is 5.69 Å². The van der Waals surface area contributed by atoms with Gasteiger partial charge in [0.1, 0.15) is 5.82 Å². The highest BCUT2D eigenvalue weighted by molar-refractivity contribution is 6.16. The molecule has 0 spiro atoms. The minimum atomic E-state index is 0. The monoisotopic (exact) mass is 242 g/mol. The molecule has 0 saturated heterocycles. The number of nitrogens with zero attached hydrogens (tertiary/aromatic N) is 2. The molecule has 0 amide bonds. The smallest absolute Gasteiger partial charge is 0.139 e. The first-order valence-corrected chi connectivity index (χ1v) is 4.98. The Bertz CT molecular complexity index is 423. The van der Waals surface area contributed by atoms with Crippen LogP contribution in [0, 0.1) is 0 Å². The zero-order valence-electron chi connectivity index (χ0n) is 8.35. The molecule has 1 heterocycles. The standard InChI is InChI=1S/C11H11ClN2.ClH/c1-14-10(7-12)8-13-11(14)9-5-3-2-4-6-9;/h2-6,8H,7H2,1H3;1H. The third-order valence-corrected chi connectivity index (χ3v) is 2.53. The third-order valence-electron chi connectivity index (χ3n) is 2.25. The average Bonchev–Trinajstić information content (AvgIpc) is 2.61. The van der Waals surface area contributed by atoms with Crippen molar-refractivity contribution in [3.05, 3.63) is 42.2 Å². The van der Waals surface area contributed by atoms with E-state index in [2.05, 4.69) is 4.98 Å². The number of halogens is 2. The van der Waals surface area contributed by atoms with Gasteiger partial charge in [0.15, 0.2) is 0 Å². The van der Waals surface area contributed by atoms with E-state index in [9.17, 15) is 0 Å². The summed E-state index contributed by atoms with van der Waals surface area (Å²) in [6, 6.07) is 10.1. The molecule has 2 aromatic rings. The van der Waals surface area contributed by atoms with Gasteiger partial charge in [0.05, 0.1) is 17.8 Å². The van der Waals surface area contributed by atoms with E-state index in [-0.39, 0.29) is 12.4 Å².